The molecule has 0 bridgehead atoms. The molecule has 6 nitrogen and oxygen atoms in total. The Morgan fingerprint density at radius 2 is 2.24 bits per heavy atom. The highest BCUT2D eigenvalue weighted by Crippen LogP contribution is 2.20. The number of aromatic nitrogens is 2. The van der Waals surface area contributed by atoms with E-state index in [9.17, 15) is 8.42 Å². The first-order valence-corrected chi connectivity index (χ1v) is 9.98. The van der Waals surface area contributed by atoms with Crippen molar-refractivity contribution in [3.8, 4) is 0 Å². The molecule has 1 heterocycles. The van der Waals surface area contributed by atoms with E-state index in [0.29, 0.717) is 12.1 Å². The first kappa shape index (κ1) is 18.5. The minimum absolute atomic E-state index is 0.0396. The standard InChI is InChI=1S/C13H26N4O2S2/c1-5-7-14-9-12-10-15-16-13(12)21(18,19)17(3)11(2)6-8-20-4/h10-11,14H,5-9H2,1-4H3,(H,15,16). The Morgan fingerprint density at radius 1 is 1.52 bits per heavy atom. The van der Waals surface area contributed by atoms with E-state index in [1.54, 1.807) is 25.0 Å². The fourth-order valence-electron chi connectivity index (χ4n) is 1.90. The molecule has 0 radical (unpaired) electrons. The zero-order valence-electron chi connectivity index (χ0n) is 13.2. The molecule has 0 fully saturated rings. The Bertz CT molecular complexity index is 516. The molecule has 2 N–H and O–H groups in total. The summed E-state index contributed by atoms with van der Waals surface area (Å²) in [6.07, 6.45) is 5.43. The lowest BCUT2D eigenvalue weighted by Gasteiger charge is -2.23. The molecule has 0 aliphatic carbocycles. The summed E-state index contributed by atoms with van der Waals surface area (Å²) in [7, 11) is -1.90. The number of H-pyrrole nitrogens is 1. The molecule has 8 heteroatoms. The van der Waals surface area contributed by atoms with Crippen molar-refractivity contribution in [2.24, 2.45) is 0 Å². The third kappa shape index (κ3) is 4.98. The third-order valence-corrected chi connectivity index (χ3v) is 6.05. The van der Waals surface area contributed by atoms with Crippen LogP contribution in [0.25, 0.3) is 0 Å². The van der Waals surface area contributed by atoms with Crippen LogP contribution in [0.4, 0.5) is 0 Å². The Morgan fingerprint density at radius 3 is 2.86 bits per heavy atom. The Balaban J connectivity index is 2.84. The van der Waals surface area contributed by atoms with E-state index in [1.807, 2.05) is 13.2 Å². The van der Waals surface area contributed by atoms with Gasteiger partial charge in [0.15, 0.2) is 5.03 Å². The average Bonchev–Trinajstić information content (AvgIpc) is 2.93. The molecule has 0 amide bonds. The molecule has 122 valence electrons. The van der Waals surface area contributed by atoms with E-state index in [1.165, 1.54) is 4.31 Å². The highest BCUT2D eigenvalue weighted by atomic mass is 32.2. The molecule has 1 rings (SSSR count). The quantitative estimate of drug-likeness (QED) is 0.637. The van der Waals surface area contributed by atoms with Crippen molar-refractivity contribution in [3.05, 3.63) is 11.8 Å². The molecular weight excluding hydrogens is 308 g/mol. The van der Waals surface area contributed by atoms with Crippen LogP contribution < -0.4 is 5.32 Å². The molecule has 0 saturated carbocycles. The lowest BCUT2D eigenvalue weighted by Crippen LogP contribution is -2.36. The van der Waals surface area contributed by atoms with Crippen molar-refractivity contribution < 1.29 is 8.42 Å². The minimum atomic E-state index is -3.53. The number of nitrogens with one attached hydrogen (secondary N) is 2. The second kappa shape index (κ2) is 8.77. The van der Waals surface area contributed by atoms with Gasteiger partial charge in [-0.15, -0.1) is 0 Å². The maximum absolute atomic E-state index is 12.7. The van der Waals surface area contributed by atoms with Crippen LogP contribution in [0.2, 0.25) is 0 Å². The summed E-state index contributed by atoms with van der Waals surface area (Å²) in [6.45, 7) is 5.36. The van der Waals surface area contributed by atoms with E-state index < -0.39 is 10.0 Å². The lowest BCUT2D eigenvalue weighted by molar-refractivity contribution is 0.380. The summed E-state index contributed by atoms with van der Waals surface area (Å²) in [5, 5.41) is 9.94. The van der Waals surface area contributed by atoms with Gasteiger partial charge in [0, 0.05) is 25.2 Å². The van der Waals surface area contributed by atoms with E-state index >= 15 is 0 Å². The minimum Gasteiger partial charge on any atom is -0.313 e. The summed E-state index contributed by atoms with van der Waals surface area (Å²) in [4.78, 5) is 0. The van der Waals surface area contributed by atoms with Gasteiger partial charge in [0.1, 0.15) is 0 Å². The number of rotatable bonds is 10. The number of thioether (sulfide) groups is 1. The smallest absolute Gasteiger partial charge is 0.260 e. The van der Waals surface area contributed by atoms with Gasteiger partial charge in [-0.25, -0.2) is 8.42 Å². The zero-order valence-corrected chi connectivity index (χ0v) is 14.9. The normalized spacial score (nSPS) is 13.8. The highest BCUT2D eigenvalue weighted by molar-refractivity contribution is 7.98. The van der Waals surface area contributed by atoms with E-state index in [-0.39, 0.29) is 11.1 Å². The van der Waals surface area contributed by atoms with Gasteiger partial charge in [0.05, 0.1) is 6.20 Å². The summed E-state index contributed by atoms with van der Waals surface area (Å²) < 4.78 is 26.8. The van der Waals surface area contributed by atoms with Crippen molar-refractivity contribution in [2.75, 3.05) is 25.6 Å². The second-order valence-corrected chi connectivity index (χ2v) is 7.97. The van der Waals surface area contributed by atoms with Crippen molar-refractivity contribution in [1.82, 2.24) is 19.8 Å². The summed E-state index contributed by atoms with van der Waals surface area (Å²) in [5.74, 6) is 0.939. The summed E-state index contributed by atoms with van der Waals surface area (Å²) in [6, 6.07) is -0.0396. The molecule has 0 aromatic carbocycles. The van der Waals surface area contributed by atoms with Crippen LogP contribution in [0.15, 0.2) is 11.2 Å². The molecule has 0 aliphatic rings. The Kier molecular flexibility index (Phi) is 7.72. The molecule has 0 spiro atoms. The van der Waals surface area contributed by atoms with Gasteiger partial charge in [-0.1, -0.05) is 6.92 Å². The average molecular weight is 335 g/mol. The molecule has 1 aromatic heterocycles. The predicted octanol–water partition coefficient (Wildman–Crippen LogP) is 1.67. The summed E-state index contributed by atoms with van der Waals surface area (Å²) >= 11 is 1.72. The summed E-state index contributed by atoms with van der Waals surface area (Å²) in [5.41, 5.74) is 0.687. The van der Waals surface area contributed by atoms with Crippen LogP contribution in [0.3, 0.4) is 0 Å². The van der Waals surface area contributed by atoms with Crippen LogP contribution in [-0.2, 0) is 16.6 Å². The Labute approximate surface area is 132 Å². The van der Waals surface area contributed by atoms with Gasteiger partial charge >= 0.3 is 0 Å². The van der Waals surface area contributed by atoms with E-state index in [4.69, 9.17) is 0 Å². The molecule has 21 heavy (non-hydrogen) atoms. The molecule has 1 aromatic rings. The molecular formula is C13H26N4O2S2. The highest BCUT2D eigenvalue weighted by Gasteiger charge is 2.28. The molecule has 0 saturated heterocycles. The van der Waals surface area contributed by atoms with Crippen molar-refractivity contribution in [1.29, 1.82) is 0 Å². The number of nitrogens with zero attached hydrogens (tertiary/aromatic N) is 2. The predicted molar refractivity (Wildman–Crippen MR) is 88.0 cm³/mol. The molecule has 0 aliphatic heterocycles. The first-order chi connectivity index (χ1) is 9.95. The van der Waals surface area contributed by atoms with Crippen molar-refractivity contribution >= 4 is 21.8 Å². The van der Waals surface area contributed by atoms with Crippen LogP contribution >= 0.6 is 11.8 Å². The lowest BCUT2D eigenvalue weighted by atomic mass is 10.3. The monoisotopic (exact) mass is 334 g/mol. The van der Waals surface area contributed by atoms with Crippen molar-refractivity contribution in [3.63, 3.8) is 0 Å². The van der Waals surface area contributed by atoms with Gasteiger partial charge in [-0.3, -0.25) is 5.10 Å². The van der Waals surface area contributed by atoms with E-state index in [2.05, 4.69) is 22.4 Å². The number of sulfonamides is 1. The van der Waals surface area contributed by atoms with Crippen LogP contribution in [0.5, 0.6) is 0 Å². The van der Waals surface area contributed by atoms with Crippen molar-refractivity contribution in [2.45, 2.75) is 44.3 Å². The van der Waals surface area contributed by atoms with Gasteiger partial charge in [-0.2, -0.15) is 21.2 Å². The van der Waals surface area contributed by atoms with Gasteiger partial charge in [0.25, 0.3) is 10.0 Å². The van der Waals surface area contributed by atoms with Gasteiger partial charge in [0.2, 0.25) is 0 Å². The van der Waals surface area contributed by atoms with Crippen LogP contribution in [0.1, 0.15) is 32.3 Å². The van der Waals surface area contributed by atoms with Gasteiger partial charge < -0.3 is 5.32 Å². The van der Waals surface area contributed by atoms with Crippen LogP contribution in [0, 0.1) is 0 Å². The number of aromatic amines is 1. The molecule has 1 unspecified atom stereocenters. The SMILES string of the molecule is CCCNCc1cn[nH]c1S(=O)(=O)N(C)C(C)CCSC. The number of hydrogen-bond acceptors (Lipinski definition) is 5. The molecule has 1 atom stereocenters. The van der Waals surface area contributed by atoms with Gasteiger partial charge in [-0.05, 0) is 38.3 Å². The largest absolute Gasteiger partial charge is 0.313 e. The fourth-order valence-corrected chi connectivity index (χ4v) is 3.97. The maximum atomic E-state index is 12.7. The zero-order chi connectivity index (χ0) is 15.9. The third-order valence-electron chi connectivity index (χ3n) is 3.42. The number of hydrogen-bond donors (Lipinski definition) is 2. The first-order valence-electron chi connectivity index (χ1n) is 7.15. The topological polar surface area (TPSA) is 78.1 Å². The Hall–Kier alpha value is -0.570. The maximum Gasteiger partial charge on any atom is 0.260 e. The second-order valence-electron chi connectivity index (χ2n) is 5.05. The fraction of sp³-hybridized carbons (Fsp3) is 0.769. The van der Waals surface area contributed by atoms with E-state index in [0.717, 1.165) is 25.1 Å². The van der Waals surface area contributed by atoms with Crippen LogP contribution in [-0.4, -0.2) is 54.6 Å².